The van der Waals surface area contributed by atoms with Crippen molar-refractivity contribution in [2.75, 3.05) is 18.5 Å². The molecule has 1 aromatic carbocycles. The number of rotatable bonds is 5. The number of nitrogens with one attached hydrogen (secondary N) is 2. The second kappa shape index (κ2) is 7.00. The van der Waals surface area contributed by atoms with Gasteiger partial charge in [0.25, 0.3) is 0 Å². The number of amides is 1. The van der Waals surface area contributed by atoms with Crippen LogP contribution in [-0.4, -0.2) is 29.7 Å². The van der Waals surface area contributed by atoms with Gasteiger partial charge in [0.1, 0.15) is 5.82 Å². The molecule has 0 aliphatic heterocycles. The second-order valence-corrected chi connectivity index (χ2v) is 6.05. The van der Waals surface area contributed by atoms with E-state index in [-0.39, 0.29) is 30.4 Å². The van der Waals surface area contributed by atoms with Crippen LogP contribution in [-0.2, 0) is 4.79 Å². The average Bonchev–Trinajstić information content (AvgIpc) is 2.48. The van der Waals surface area contributed by atoms with Gasteiger partial charge in [0.05, 0.1) is 13.2 Å². The number of halogens is 1. The smallest absolute Gasteiger partial charge is 0.238 e. The number of hydrogen-bond acceptors (Lipinski definition) is 3. The van der Waals surface area contributed by atoms with Gasteiger partial charge in [-0.1, -0.05) is 19.8 Å². The summed E-state index contributed by atoms with van der Waals surface area (Å²) in [5.41, 5.74) is 0.218. The number of aliphatic hydroxyl groups is 1. The van der Waals surface area contributed by atoms with Gasteiger partial charge in [0.2, 0.25) is 5.91 Å². The predicted octanol–water partition coefficient (Wildman–Crippen LogP) is 2.29. The molecule has 21 heavy (non-hydrogen) atoms. The van der Waals surface area contributed by atoms with Gasteiger partial charge in [-0.3, -0.25) is 4.79 Å². The van der Waals surface area contributed by atoms with E-state index < -0.39 is 0 Å². The molecule has 1 aromatic rings. The summed E-state index contributed by atoms with van der Waals surface area (Å²) >= 11 is 0. The van der Waals surface area contributed by atoms with Gasteiger partial charge >= 0.3 is 0 Å². The molecule has 1 aliphatic carbocycles. The fourth-order valence-corrected chi connectivity index (χ4v) is 3.03. The molecule has 0 saturated heterocycles. The van der Waals surface area contributed by atoms with Gasteiger partial charge in [-0.05, 0) is 43.0 Å². The molecule has 5 heteroatoms. The Labute approximate surface area is 124 Å². The first-order valence-electron chi connectivity index (χ1n) is 7.44. The van der Waals surface area contributed by atoms with Crippen LogP contribution in [0.15, 0.2) is 24.3 Å². The van der Waals surface area contributed by atoms with Crippen LogP contribution < -0.4 is 10.6 Å². The standard InChI is InChI=1S/C16H23FN2O2/c1-12-3-2-8-16(9-12,11-20)18-10-15(21)19-14-6-4-13(17)5-7-14/h4-7,12,18,20H,2-3,8-11H2,1H3,(H,19,21). The lowest BCUT2D eigenvalue weighted by Crippen LogP contribution is -2.53. The van der Waals surface area contributed by atoms with E-state index >= 15 is 0 Å². The minimum Gasteiger partial charge on any atom is -0.394 e. The molecular formula is C16H23FN2O2. The molecule has 2 rings (SSSR count). The topological polar surface area (TPSA) is 61.4 Å². The number of carbonyl (C=O) groups excluding carboxylic acids is 1. The quantitative estimate of drug-likeness (QED) is 0.781. The van der Waals surface area contributed by atoms with E-state index in [1.807, 2.05) is 0 Å². The first kappa shape index (κ1) is 15.9. The molecular weight excluding hydrogens is 271 g/mol. The zero-order valence-corrected chi connectivity index (χ0v) is 12.4. The SMILES string of the molecule is CC1CCCC(CO)(NCC(=O)Nc2ccc(F)cc2)C1. The minimum atomic E-state index is -0.349. The molecule has 1 fully saturated rings. The van der Waals surface area contributed by atoms with Crippen LogP contribution >= 0.6 is 0 Å². The summed E-state index contributed by atoms with van der Waals surface area (Å²) in [5, 5.41) is 15.6. The molecule has 3 N–H and O–H groups in total. The normalized spacial score (nSPS) is 25.6. The van der Waals surface area contributed by atoms with Crippen LogP contribution in [0.5, 0.6) is 0 Å². The Bertz CT molecular complexity index is 478. The molecule has 1 aliphatic rings. The Kier molecular flexibility index (Phi) is 5.31. The molecule has 1 amide bonds. The van der Waals surface area contributed by atoms with Crippen LogP contribution in [0, 0.1) is 11.7 Å². The van der Waals surface area contributed by atoms with Crippen LogP contribution in [0.2, 0.25) is 0 Å². The average molecular weight is 294 g/mol. The number of aliphatic hydroxyl groups excluding tert-OH is 1. The largest absolute Gasteiger partial charge is 0.394 e. The molecule has 2 unspecified atom stereocenters. The van der Waals surface area contributed by atoms with Crippen molar-refractivity contribution in [2.24, 2.45) is 5.92 Å². The summed E-state index contributed by atoms with van der Waals surface area (Å²) in [4.78, 5) is 11.9. The fourth-order valence-electron chi connectivity index (χ4n) is 3.03. The van der Waals surface area contributed by atoms with E-state index in [9.17, 15) is 14.3 Å². The minimum absolute atomic E-state index is 0.0428. The van der Waals surface area contributed by atoms with Crippen molar-refractivity contribution in [3.05, 3.63) is 30.1 Å². The van der Waals surface area contributed by atoms with Gasteiger partial charge in [-0.15, -0.1) is 0 Å². The fraction of sp³-hybridized carbons (Fsp3) is 0.562. The highest BCUT2D eigenvalue weighted by Crippen LogP contribution is 2.31. The lowest BCUT2D eigenvalue weighted by atomic mass is 9.77. The van der Waals surface area contributed by atoms with Crippen LogP contribution in [0.4, 0.5) is 10.1 Å². The molecule has 2 atom stereocenters. The van der Waals surface area contributed by atoms with E-state index in [0.29, 0.717) is 11.6 Å². The van der Waals surface area contributed by atoms with Crippen molar-refractivity contribution in [1.29, 1.82) is 0 Å². The molecule has 0 radical (unpaired) electrons. The zero-order valence-electron chi connectivity index (χ0n) is 12.4. The summed E-state index contributed by atoms with van der Waals surface area (Å²) in [6.45, 7) is 2.36. The number of hydrogen-bond donors (Lipinski definition) is 3. The molecule has 4 nitrogen and oxygen atoms in total. The molecule has 0 spiro atoms. The maximum absolute atomic E-state index is 12.8. The van der Waals surface area contributed by atoms with Crippen molar-refractivity contribution in [1.82, 2.24) is 5.32 Å². The van der Waals surface area contributed by atoms with Crippen molar-refractivity contribution < 1.29 is 14.3 Å². The van der Waals surface area contributed by atoms with E-state index in [1.54, 1.807) is 0 Å². The molecule has 1 saturated carbocycles. The highest BCUT2D eigenvalue weighted by Gasteiger charge is 2.34. The lowest BCUT2D eigenvalue weighted by molar-refractivity contribution is -0.116. The van der Waals surface area contributed by atoms with E-state index in [1.165, 1.54) is 30.7 Å². The third-order valence-corrected chi connectivity index (χ3v) is 4.15. The highest BCUT2D eigenvalue weighted by atomic mass is 19.1. The van der Waals surface area contributed by atoms with Crippen molar-refractivity contribution in [3.8, 4) is 0 Å². The Morgan fingerprint density at radius 2 is 2.14 bits per heavy atom. The predicted molar refractivity (Wildman–Crippen MR) is 80.5 cm³/mol. The maximum atomic E-state index is 12.8. The van der Waals surface area contributed by atoms with Crippen molar-refractivity contribution in [2.45, 2.75) is 38.1 Å². The highest BCUT2D eigenvalue weighted by molar-refractivity contribution is 5.92. The summed E-state index contributed by atoms with van der Waals surface area (Å²) in [6, 6.07) is 5.66. The Morgan fingerprint density at radius 3 is 2.76 bits per heavy atom. The molecule has 0 aromatic heterocycles. The second-order valence-electron chi connectivity index (χ2n) is 6.05. The van der Waals surface area contributed by atoms with Gasteiger partial charge < -0.3 is 15.7 Å². The van der Waals surface area contributed by atoms with Crippen LogP contribution in [0.25, 0.3) is 0 Å². The lowest BCUT2D eigenvalue weighted by Gasteiger charge is -2.39. The summed E-state index contributed by atoms with van der Waals surface area (Å²) in [7, 11) is 0. The number of benzene rings is 1. The van der Waals surface area contributed by atoms with E-state index in [2.05, 4.69) is 17.6 Å². The monoisotopic (exact) mass is 294 g/mol. The van der Waals surface area contributed by atoms with Gasteiger partial charge in [0.15, 0.2) is 0 Å². The van der Waals surface area contributed by atoms with E-state index in [0.717, 1.165) is 19.3 Å². The first-order chi connectivity index (χ1) is 10.0. The van der Waals surface area contributed by atoms with E-state index in [4.69, 9.17) is 0 Å². The van der Waals surface area contributed by atoms with Crippen LogP contribution in [0.1, 0.15) is 32.6 Å². The van der Waals surface area contributed by atoms with Crippen molar-refractivity contribution >= 4 is 11.6 Å². The Balaban J connectivity index is 1.86. The number of carbonyl (C=O) groups is 1. The summed E-state index contributed by atoms with van der Waals surface area (Å²) in [6.07, 6.45) is 4.00. The molecule has 116 valence electrons. The molecule has 0 bridgehead atoms. The third-order valence-electron chi connectivity index (χ3n) is 4.15. The maximum Gasteiger partial charge on any atom is 0.238 e. The summed E-state index contributed by atoms with van der Waals surface area (Å²) < 4.78 is 12.8. The third kappa shape index (κ3) is 4.51. The van der Waals surface area contributed by atoms with Gasteiger partial charge in [0, 0.05) is 11.2 Å². The Morgan fingerprint density at radius 1 is 1.43 bits per heavy atom. The van der Waals surface area contributed by atoms with Gasteiger partial charge in [-0.2, -0.15) is 0 Å². The number of anilines is 1. The Hall–Kier alpha value is -1.46. The van der Waals surface area contributed by atoms with Gasteiger partial charge in [-0.25, -0.2) is 4.39 Å². The summed E-state index contributed by atoms with van der Waals surface area (Å²) in [5.74, 6) is 0.0350. The zero-order chi connectivity index (χ0) is 15.3. The first-order valence-corrected chi connectivity index (χ1v) is 7.44. The van der Waals surface area contributed by atoms with Crippen LogP contribution in [0.3, 0.4) is 0 Å². The van der Waals surface area contributed by atoms with Crippen molar-refractivity contribution in [3.63, 3.8) is 0 Å². The molecule has 0 heterocycles.